The Morgan fingerprint density at radius 3 is 2.95 bits per heavy atom. The summed E-state index contributed by atoms with van der Waals surface area (Å²) in [4.78, 5) is 6.47. The van der Waals surface area contributed by atoms with E-state index in [1.807, 2.05) is 28.3 Å². The lowest BCUT2D eigenvalue weighted by Gasteiger charge is -1.99. The van der Waals surface area contributed by atoms with Crippen molar-refractivity contribution in [1.29, 1.82) is 0 Å². The molecule has 0 bridgehead atoms. The van der Waals surface area contributed by atoms with Crippen molar-refractivity contribution in [3.05, 3.63) is 64.5 Å². The fourth-order valence-corrected chi connectivity index (χ4v) is 3.38. The van der Waals surface area contributed by atoms with Gasteiger partial charge in [-0.05, 0) is 23.6 Å². The molecule has 3 heterocycles. The second-order valence-electron chi connectivity index (χ2n) is 4.08. The molecule has 0 aliphatic heterocycles. The lowest BCUT2D eigenvalue weighted by Crippen LogP contribution is -2.12. The Labute approximate surface area is 130 Å². The molecule has 0 aromatic carbocycles. The van der Waals surface area contributed by atoms with Crippen LogP contribution in [0.15, 0.2) is 68.5 Å². The van der Waals surface area contributed by atoms with Gasteiger partial charge in [-0.1, -0.05) is 12.1 Å². The highest BCUT2D eigenvalue weighted by Gasteiger charge is 2.07. The Bertz CT molecular complexity index is 792. The fourth-order valence-electron chi connectivity index (χ4n) is 1.74. The maximum Gasteiger partial charge on any atom is 0.206 e. The van der Waals surface area contributed by atoms with E-state index in [-0.39, 0.29) is 0 Å². The molecule has 0 saturated heterocycles. The first-order valence-electron chi connectivity index (χ1n) is 6.32. The minimum absolute atomic E-state index is 0.570. The summed E-state index contributed by atoms with van der Waals surface area (Å²) >= 11 is 3.24. The molecule has 4 nitrogen and oxygen atoms in total. The summed E-state index contributed by atoms with van der Waals surface area (Å²) in [5, 5.41) is 8.62. The first-order chi connectivity index (χ1) is 10.4. The van der Waals surface area contributed by atoms with Gasteiger partial charge in [-0.3, -0.25) is 4.99 Å². The van der Waals surface area contributed by atoms with Crippen LogP contribution in [0.3, 0.4) is 0 Å². The SMILES string of the molecule is C=CCN=c1scc(-c2cccs2)n1N=Cc1ccco1. The topological polar surface area (TPSA) is 42.8 Å². The molecule has 0 radical (unpaired) electrons. The maximum absolute atomic E-state index is 5.28. The third-order valence-electron chi connectivity index (χ3n) is 2.66. The van der Waals surface area contributed by atoms with E-state index in [0.717, 1.165) is 15.4 Å². The molecule has 0 fully saturated rings. The lowest BCUT2D eigenvalue weighted by atomic mass is 10.4. The van der Waals surface area contributed by atoms with Gasteiger partial charge in [-0.2, -0.15) is 5.10 Å². The van der Waals surface area contributed by atoms with Gasteiger partial charge < -0.3 is 4.42 Å². The van der Waals surface area contributed by atoms with Crippen molar-refractivity contribution in [1.82, 2.24) is 4.68 Å². The Morgan fingerprint density at radius 2 is 2.24 bits per heavy atom. The van der Waals surface area contributed by atoms with Gasteiger partial charge in [-0.25, -0.2) is 4.68 Å². The number of hydrogen-bond donors (Lipinski definition) is 0. The van der Waals surface area contributed by atoms with Crippen molar-refractivity contribution >= 4 is 28.9 Å². The molecule has 106 valence electrons. The van der Waals surface area contributed by atoms with E-state index >= 15 is 0 Å². The van der Waals surface area contributed by atoms with Crippen LogP contribution in [0.1, 0.15) is 5.76 Å². The van der Waals surface area contributed by atoms with E-state index in [0.29, 0.717) is 12.3 Å². The molecule has 0 saturated carbocycles. The summed E-state index contributed by atoms with van der Waals surface area (Å²) in [6.07, 6.45) is 5.09. The molecule has 0 atom stereocenters. The summed E-state index contributed by atoms with van der Waals surface area (Å²) in [5.74, 6) is 0.709. The van der Waals surface area contributed by atoms with Crippen molar-refractivity contribution in [2.45, 2.75) is 0 Å². The normalized spacial score (nSPS) is 12.3. The van der Waals surface area contributed by atoms with Crippen LogP contribution in [0.25, 0.3) is 10.6 Å². The smallest absolute Gasteiger partial charge is 0.206 e. The highest BCUT2D eigenvalue weighted by atomic mass is 32.1. The molecule has 0 amide bonds. The van der Waals surface area contributed by atoms with E-state index in [2.05, 4.69) is 28.1 Å². The second kappa shape index (κ2) is 6.51. The average Bonchev–Trinajstić information content (AvgIpc) is 3.22. The second-order valence-corrected chi connectivity index (χ2v) is 5.87. The van der Waals surface area contributed by atoms with Gasteiger partial charge in [0.25, 0.3) is 0 Å². The molecular weight excluding hydrogens is 302 g/mol. The molecule has 0 aliphatic carbocycles. The number of thiophene rings is 1. The van der Waals surface area contributed by atoms with Crippen LogP contribution >= 0.6 is 22.7 Å². The summed E-state index contributed by atoms with van der Waals surface area (Å²) in [7, 11) is 0. The number of hydrogen-bond acceptors (Lipinski definition) is 5. The molecule has 3 rings (SSSR count). The van der Waals surface area contributed by atoms with E-state index < -0.39 is 0 Å². The predicted molar refractivity (Wildman–Crippen MR) is 87.9 cm³/mol. The highest BCUT2D eigenvalue weighted by Crippen LogP contribution is 2.25. The largest absolute Gasteiger partial charge is 0.463 e. The molecule has 6 heteroatoms. The monoisotopic (exact) mass is 315 g/mol. The van der Waals surface area contributed by atoms with Crippen molar-refractivity contribution in [2.75, 3.05) is 6.54 Å². The van der Waals surface area contributed by atoms with Gasteiger partial charge in [0.05, 0.1) is 29.6 Å². The van der Waals surface area contributed by atoms with Crippen LogP contribution in [-0.2, 0) is 0 Å². The lowest BCUT2D eigenvalue weighted by molar-refractivity contribution is 0.559. The van der Waals surface area contributed by atoms with Crippen LogP contribution in [0.2, 0.25) is 0 Å². The van der Waals surface area contributed by atoms with Gasteiger partial charge >= 0.3 is 0 Å². The minimum Gasteiger partial charge on any atom is -0.463 e. The molecule has 3 aromatic heterocycles. The van der Waals surface area contributed by atoms with Crippen LogP contribution in [0, 0.1) is 0 Å². The molecule has 0 N–H and O–H groups in total. The number of aromatic nitrogens is 1. The zero-order chi connectivity index (χ0) is 14.5. The zero-order valence-electron chi connectivity index (χ0n) is 11.2. The Kier molecular flexibility index (Phi) is 4.28. The third-order valence-corrected chi connectivity index (χ3v) is 4.40. The Balaban J connectivity index is 2.06. The Hall–Kier alpha value is -2.18. The summed E-state index contributed by atoms with van der Waals surface area (Å²) in [5.41, 5.74) is 1.03. The van der Waals surface area contributed by atoms with E-state index in [1.54, 1.807) is 41.2 Å². The summed E-state index contributed by atoms with van der Waals surface area (Å²) < 4.78 is 7.12. The highest BCUT2D eigenvalue weighted by molar-refractivity contribution is 7.14. The van der Waals surface area contributed by atoms with Gasteiger partial charge in [-0.15, -0.1) is 29.3 Å². The molecule has 0 spiro atoms. The fraction of sp³-hybridized carbons (Fsp3) is 0.0667. The Morgan fingerprint density at radius 1 is 1.29 bits per heavy atom. The van der Waals surface area contributed by atoms with Crippen LogP contribution in [0.4, 0.5) is 0 Å². The van der Waals surface area contributed by atoms with Gasteiger partial charge in [0.15, 0.2) is 0 Å². The molecule has 21 heavy (non-hydrogen) atoms. The standard InChI is InChI=1S/C15H13N3OS2/c1-2-7-16-15-18(17-10-12-5-3-8-19-12)13(11-21-15)14-6-4-9-20-14/h2-6,8-11H,1,7H2. The van der Waals surface area contributed by atoms with E-state index in [1.165, 1.54) is 0 Å². The molecule has 3 aromatic rings. The molecule has 0 aliphatic rings. The van der Waals surface area contributed by atoms with Crippen LogP contribution < -0.4 is 4.80 Å². The maximum atomic E-state index is 5.28. The van der Waals surface area contributed by atoms with Crippen molar-refractivity contribution in [3.63, 3.8) is 0 Å². The summed E-state index contributed by atoms with van der Waals surface area (Å²) in [6.45, 7) is 4.27. The van der Waals surface area contributed by atoms with Crippen molar-refractivity contribution in [3.8, 4) is 10.6 Å². The van der Waals surface area contributed by atoms with Crippen molar-refractivity contribution in [2.24, 2.45) is 10.1 Å². The number of thiazole rings is 1. The molecular formula is C15H13N3OS2. The van der Waals surface area contributed by atoms with E-state index in [9.17, 15) is 0 Å². The first kappa shape index (κ1) is 13.8. The average molecular weight is 315 g/mol. The quantitative estimate of drug-likeness (QED) is 0.521. The van der Waals surface area contributed by atoms with Crippen LogP contribution in [-0.4, -0.2) is 17.4 Å². The first-order valence-corrected chi connectivity index (χ1v) is 8.08. The van der Waals surface area contributed by atoms with Crippen LogP contribution in [0.5, 0.6) is 0 Å². The summed E-state index contributed by atoms with van der Waals surface area (Å²) in [6, 6.07) is 7.80. The predicted octanol–water partition coefficient (Wildman–Crippen LogP) is 3.84. The zero-order valence-corrected chi connectivity index (χ0v) is 12.8. The van der Waals surface area contributed by atoms with Gasteiger partial charge in [0, 0.05) is 5.38 Å². The molecule has 0 unspecified atom stereocenters. The number of furan rings is 1. The minimum atomic E-state index is 0.570. The van der Waals surface area contributed by atoms with Gasteiger partial charge in [0.1, 0.15) is 5.76 Å². The number of rotatable bonds is 5. The van der Waals surface area contributed by atoms with E-state index in [4.69, 9.17) is 4.42 Å². The number of nitrogens with zero attached hydrogens (tertiary/aromatic N) is 3. The third kappa shape index (κ3) is 3.12. The van der Waals surface area contributed by atoms with Crippen molar-refractivity contribution < 1.29 is 4.42 Å². The van der Waals surface area contributed by atoms with Gasteiger partial charge in [0.2, 0.25) is 4.80 Å².